The molecule has 0 radical (unpaired) electrons. The number of halogens is 3. The van der Waals surface area contributed by atoms with Crippen molar-refractivity contribution in [3.05, 3.63) is 59.4 Å². The van der Waals surface area contributed by atoms with Gasteiger partial charge in [0.05, 0.1) is 51.8 Å². The normalized spacial score (nSPS) is 31.0. The topological polar surface area (TPSA) is 100 Å². The third-order valence-electron chi connectivity index (χ3n) is 7.82. The van der Waals surface area contributed by atoms with E-state index in [4.69, 9.17) is 10.00 Å². The number of alkyl halides is 3. The average Bonchev–Trinajstić information content (AvgIpc) is 3.37. The molecule has 5 atom stereocenters. The number of fused-ring (bicyclic) bond motifs is 5. The molecule has 1 aromatic heterocycles. The van der Waals surface area contributed by atoms with E-state index in [0.717, 1.165) is 22.6 Å². The number of nitriles is 1. The maximum atomic E-state index is 13.6. The highest BCUT2D eigenvalue weighted by Crippen LogP contribution is 2.63. The molecular weight excluding hydrogens is 475 g/mol. The van der Waals surface area contributed by atoms with Crippen LogP contribution in [0.5, 0.6) is 0 Å². The van der Waals surface area contributed by atoms with Crippen LogP contribution >= 0.6 is 0 Å². The average molecular weight is 497 g/mol. The molecular formula is C26H22F3N3O4. The standard InChI is InChI=1S/C26H22F3N3O4/c1-24-12-18(19(33)6-3-14-7-9-31-10-8-14)25(2,36-24)21-20(24)22(34)32(23(21)35)16-5-4-15(13-30)17(11-16)26(27,28)29/h4-5,7-11,18,20-21H,3,6,12H2,1-2H3/t18-,20+,21-,24+,25-/m0/s1. The minimum Gasteiger partial charge on any atom is -0.367 e. The van der Waals surface area contributed by atoms with Crippen LogP contribution in [0.25, 0.3) is 0 Å². The number of hydrogen-bond donors (Lipinski definition) is 0. The number of rotatable bonds is 5. The SMILES string of the molecule is C[C@]12O[C@](C)(C[C@H]1C(=O)CCc1ccncc1)[C@H]1C(=O)N(c3ccc(C#N)c(C(F)(F)F)c3)C(=O)[C@H]12. The van der Waals surface area contributed by atoms with Gasteiger partial charge in [0.15, 0.2) is 0 Å². The van der Waals surface area contributed by atoms with Gasteiger partial charge in [0.25, 0.3) is 0 Å². The van der Waals surface area contributed by atoms with Crippen LogP contribution in [0.1, 0.15) is 43.4 Å². The first-order valence-electron chi connectivity index (χ1n) is 11.5. The molecule has 0 aliphatic carbocycles. The van der Waals surface area contributed by atoms with Gasteiger partial charge in [-0.3, -0.25) is 19.4 Å². The van der Waals surface area contributed by atoms with Gasteiger partial charge in [0.1, 0.15) is 5.78 Å². The Labute approximate surface area is 204 Å². The Morgan fingerprint density at radius 2 is 1.83 bits per heavy atom. The molecule has 5 rings (SSSR count). The summed E-state index contributed by atoms with van der Waals surface area (Å²) in [6, 6.07) is 7.88. The number of aromatic nitrogens is 1. The molecule has 0 unspecified atom stereocenters. The quantitative estimate of drug-likeness (QED) is 0.582. The second-order valence-corrected chi connectivity index (χ2v) is 9.98. The number of amides is 2. The van der Waals surface area contributed by atoms with Gasteiger partial charge in [-0.15, -0.1) is 0 Å². The van der Waals surface area contributed by atoms with E-state index >= 15 is 0 Å². The Hall–Kier alpha value is -3.58. The molecule has 1 aromatic carbocycles. The summed E-state index contributed by atoms with van der Waals surface area (Å²) < 4.78 is 46.8. The van der Waals surface area contributed by atoms with Gasteiger partial charge in [-0.05, 0) is 62.6 Å². The van der Waals surface area contributed by atoms with Gasteiger partial charge in [-0.1, -0.05) is 0 Å². The van der Waals surface area contributed by atoms with E-state index in [1.165, 1.54) is 6.07 Å². The Morgan fingerprint density at radius 1 is 1.17 bits per heavy atom. The predicted octanol–water partition coefficient (Wildman–Crippen LogP) is 3.85. The number of nitrogens with zero attached hydrogens (tertiary/aromatic N) is 3. The van der Waals surface area contributed by atoms with E-state index in [0.29, 0.717) is 12.5 Å². The van der Waals surface area contributed by atoms with E-state index in [1.54, 1.807) is 26.2 Å². The zero-order chi connectivity index (χ0) is 26.0. The van der Waals surface area contributed by atoms with Gasteiger partial charge in [-0.25, -0.2) is 4.90 Å². The van der Waals surface area contributed by atoms with Crippen molar-refractivity contribution in [3.63, 3.8) is 0 Å². The zero-order valence-electron chi connectivity index (χ0n) is 19.5. The maximum Gasteiger partial charge on any atom is 0.417 e. The van der Waals surface area contributed by atoms with Gasteiger partial charge < -0.3 is 4.74 Å². The molecule has 7 nitrogen and oxygen atoms in total. The number of carbonyl (C=O) groups is 3. The molecule has 3 aliphatic rings. The van der Waals surface area contributed by atoms with Gasteiger partial charge in [-0.2, -0.15) is 18.4 Å². The Balaban J connectivity index is 1.45. The summed E-state index contributed by atoms with van der Waals surface area (Å²) in [5.74, 6) is -3.98. The highest BCUT2D eigenvalue weighted by atomic mass is 19.4. The third-order valence-corrected chi connectivity index (χ3v) is 7.82. The fourth-order valence-electron chi connectivity index (χ4n) is 6.24. The molecule has 186 valence electrons. The number of ketones is 1. The summed E-state index contributed by atoms with van der Waals surface area (Å²) in [7, 11) is 0. The van der Waals surface area contributed by atoms with Crippen LogP contribution in [-0.2, 0) is 31.7 Å². The number of Topliss-reactive ketones (excluding diaryl/α,β-unsaturated/α-hetero) is 1. The molecule has 0 saturated carbocycles. The molecule has 3 saturated heterocycles. The van der Waals surface area contributed by atoms with Crippen LogP contribution in [0.15, 0.2) is 42.7 Å². The van der Waals surface area contributed by atoms with Crippen molar-refractivity contribution in [2.24, 2.45) is 17.8 Å². The van der Waals surface area contributed by atoms with Gasteiger partial charge in [0, 0.05) is 18.8 Å². The highest BCUT2D eigenvalue weighted by Gasteiger charge is 2.76. The molecule has 0 spiro atoms. The Kier molecular flexibility index (Phi) is 5.34. The van der Waals surface area contributed by atoms with Crippen molar-refractivity contribution in [2.45, 2.75) is 50.5 Å². The van der Waals surface area contributed by atoms with Crippen molar-refractivity contribution >= 4 is 23.3 Å². The van der Waals surface area contributed by atoms with Crippen molar-refractivity contribution in [1.29, 1.82) is 5.26 Å². The fourth-order valence-corrected chi connectivity index (χ4v) is 6.24. The number of anilines is 1. The molecule has 2 amide bonds. The summed E-state index contributed by atoms with van der Waals surface area (Å²) >= 11 is 0. The smallest absolute Gasteiger partial charge is 0.367 e. The summed E-state index contributed by atoms with van der Waals surface area (Å²) in [5, 5.41) is 9.07. The lowest BCUT2D eigenvalue weighted by Gasteiger charge is -2.34. The lowest BCUT2D eigenvalue weighted by atomic mass is 9.62. The van der Waals surface area contributed by atoms with E-state index in [1.807, 2.05) is 12.1 Å². The van der Waals surface area contributed by atoms with E-state index < -0.39 is 58.1 Å². The molecule has 10 heteroatoms. The predicted molar refractivity (Wildman–Crippen MR) is 119 cm³/mol. The van der Waals surface area contributed by atoms with E-state index in [-0.39, 0.29) is 24.3 Å². The van der Waals surface area contributed by atoms with E-state index in [9.17, 15) is 27.6 Å². The summed E-state index contributed by atoms with van der Waals surface area (Å²) in [6.07, 6.45) is -0.611. The molecule has 3 aliphatic heterocycles. The molecule has 0 N–H and O–H groups in total. The number of pyridine rings is 1. The summed E-state index contributed by atoms with van der Waals surface area (Å²) in [6.45, 7) is 3.33. The number of benzene rings is 1. The summed E-state index contributed by atoms with van der Waals surface area (Å²) in [5.41, 5.74) is -3.49. The lowest BCUT2D eigenvalue weighted by molar-refractivity contribution is -0.138. The maximum absolute atomic E-state index is 13.6. The fraction of sp³-hybridized carbons (Fsp3) is 0.423. The van der Waals surface area contributed by atoms with Crippen LogP contribution < -0.4 is 4.90 Å². The number of imide groups is 1. The van der Waals surface area contributed by atoms with Crippen LogP contribution in [0.4, 0.5) is 18.9 Å². The second-order valence-electron chi connectivity index (χ2n) is 9.98. The lowest BCUT2D eigenvalue weighted by Crippen LogP contribution is -2.48. The first-order chi connectivity index (χ1) is 16.9. The number of ether oxygens (including phenoxy) is 1. The number of hydrogen-bond acceptors (Lipinski definition) is 6. The second kappa shape index (κ2) is 7.96. The van der Waals surface area contributed by atoms with E-state index in [2.05, 4.69) is 4.98 Å². The zero-order valence-corrected chi connectivity index (χ0v) is 19.5. The van der Waals surface area contributed by atoms with Crippen molar-refractivity contribution in [2.75, 3.05) is 4.90 Å². The largest absolute Gasteiger partial charge is 0.417 e. The van der Waals surface area contributed by atoms with Crippen LogP contribution in [0.3, 0.4) is 0 Å². The molecule has 36 heavy (non-hydrogen) atoms. The molecule has 4 heterocycles. The minimum absolute atomic E-state index is 0.0899. The summed E-state index contributed by atoms with van der Waals surface area (Å²) in [4.78, 5) is 44.9. The first-order valence-corrected chi connectivity index (χ1v) is 11.5. The first kappa shape index (κ1) is 24.1. The Bertz CT molecular complexity index is 1320. The number of aryl methyl sites for hydroxylation is 1. The molecule has 2 bridgehead atoms. The van der Waals surface area contributed by atoms with Crippen LogP contribution in [0, 0.1) is 29.1 Å². The third kappa shape index (κ3) is 3.45. The molecule has 2 aromatic rings. The molecule has 3 fully saturated rings. The van der Waals surface area contributed by atoms with Crippen molar-refractivity contribution in [3.8, 4) is 6.07 Å². The monoisotopic (exact) mass is 497 g/mol. The van der Waals surface area contributed by atoms with Gasteiger partial charge in [0.2, 0.25) is 11.8 Å². The minimum atomic E-state index is -4.84. The van der Waals surface area contributed by atoms with Gasteiger partial charge >= 0.3 is 6.18 Å². The van der Waals surface area contributed by atoms with Crippen LogP contribution in [-0.4, -0.2) is 33.8 Å². The highest BCUT2D eigenvalue weighted by molar-refractivity contribution is 6.23. The number of carbonyl (C=O) groups excluding carboxylic acids is 3. The van der Waals surface area contributed by atoms with Crippen molar-refractivity contribution < 1.29 is 32.3 Å². The van der Waals surface area contributed by atoms with Crippen molar-refractivity contribution in [1.82, 2.24) is 4.98 Å². The Morgan fingerprint density at radius 3 is 2.47 bits per heavy atom. The van der Waals surface area contributed by atoms with Crippen LogP contribution in [0.2, 0.25) is 0 Å².